The Morgan fingerprint density at radius 3 is 2.69 bits per heavy atom. The monoisotopic (exact) mass is 176 g/mol. The second-order valence-corrected chi connectivity index (χ2v) is 4.01. The van der Waals surface area contributed by atoms with E-state index in [9.17, 15) is 0 Å². The second-order valence-electron chi connectivity index (χ2n) is 4.01. The fourth-order valence-corrected chi connectivity index (χ4v) is 1.83. The lowest BCUT2D eigenvalue weighted by atomic mass is 9.82. The molecular formula is C11H16N2. The maximum Gasteiger partial charge on any atom is 0.0271 e. The predicted octanol–water partition coefficient (Wildman–Crippen LogP) is 1.97. The first-order chi connectivity index (χ1) is 6.34. The van der Waals surface area contributed by atoms with Crippen LogP contribution in [0.4, 0.5) is 0 Å². The number of pyridine rings is 1. The minimum atomic E-state index is 0.753. The molecule has 0 amide bonds. The Balaban J connectivity index is 1.74. The number of hydrogen-bond acceptors (Lipinski definition) is 2. The molecule has 0 aromatic carbocycles. The van der Waals surface area contributed by atoms with E-state index in [1.54, 1.807) is 0 Å². The summed E-state index contributed by atoms with van der Waals surface area (Å²) in [5.74, 6) is 0.926. The SMILES string of the molecule is CC1CC(NCc2ccncc2)C1. The Hall–Kier alpha value is -0.890. The molecule has 1 aliphatic rings. The molecule has 1 saturated carbocycles. The smallest absolute Gasteiger partial charge is 0.0271 e. The van der Waals surface area contributed by atoms with Crippen LogP contribution in [0.25, 0.3) is 0 Å². The second kappa shape index (κ2) is 3.88. The lowest BCUT2D eigenvalue weighted by Crippen LogP contribution is -2.39. The summed E-state index contributed by atoms with van der Waals surface area (Å²) in [4.78, 5) is 3.99. The van der Waals surface area contributed by atoms with E-state index in [1.165, 1.54) is 18.4 Å². The molecule has 0 spiro atoms. The van der Waals surface area contributed by atoms with Gasteiger partial charge in [-0.2, -0.15) is 0 Å². The Kier molecular flexibility index (Phi) is 2.60. The van der Waals surface area contributed by atoms with E-state index in [0.717, 1.165) is 18.5 Å². The van der Waals surface area contributed by atoms with Crippen molar-refractivity contribution >= 4 is 0 Å². The highest BCUT2D eigenvalue weighted by Crippen LogP contribution is 2.26. The summed E-state index contributed by atoms with van der Waals surface area (Å²) in [5, 5.41) is 3.54. The highest BCUT2D eigenvalue weighted by molar-refractivity contribution is 5.09. The Bertz CT molecular complexity index is 252. The van der Waals surface area contributed by atoms with Crippen LogP contribution in [0.3, 0.4) is 0 Å². The summed E-state index contributed by atoms with van der Waals surface area (Å²) >= 11 is 0. The quantitative estimate of drug-likeness (QED) is 0.761. The van der Waals surface area contributed by atoms with Crippen molar-refractivity contribution in [3.8, 4) is 0 Å². The largest absolute Gasteiger partial charge is 0.310 e. The number of hydrogen-bond donors (Lipinski definition) is 1. The zero-order chi connectivity index (χ0) is 9.10. The van der Waals surface area contributed by atoms with E-state index in [1.807, 2.05) is 12.4 Å². The molecule has 1 aromatic heterocycles. The van der Waals surface area contributed by atoms with Gasteiger partial charge in [-0.15, -0.1) is 0 Å². The van der Waals surface area contributed by atoms with Crippen molar-refractivity contribution < 1.29 is 0 Å². The summed E-state index contributed by atoms with van der Waals surface area (Å²) in [6, 6.07) is 4.88. The minimum Gasteiger partial charge on any atom is -0.310 e. The molecule has 1 aromatic rings. The Labute approximate surface area is 79.4 Å². The van der Waals surface area contributed by atoms with Gasteiger partial charge in [-0.25, -0.2) is 0 Å². The lowest BCUT2D eigenvalue weighted by molar-refractivity contribution is 0.240. The van der Waals surface area contributed by atoms with Gasteiger partial charge in [-0.1, -0.05) is 6.92 Å². The van der Waals surface area contributed by atoms with Crippen LogP contribution in [0.5, 0.6) is 0 Å². The molecule has 70 valence electrons. The van der Waals surface area contributed by atoms with Gasteiger partial charge in [0.2, 0.25) is 0 Å². The van der Waals surface area contributed by atoms with Gasteiger partial charge in [0, 0.05) is 25.0 Å². The maximum atomic E-state index is 3.99. The van der Waals surface area contributed by atoms with E-state index >= 15 is 0 Å². The molecule has 1 heterocycles. The van der Waals surface area contributed by atoms with Crippen molar-refractivity contribution in [3.63, 3.8) is 0 Å². The molecule has 2 nitrogen and oxygen atoms in total. The van der Waals surface area contributed by atoms with Gasteiger partial charge in [0.1, 0.15) is 0 Å². The predicted molar refractivity (Wildman–Crippen MR) is 53.3 cm³/mol. The molecule has 2 heteroatoms. The number of nitrogens with one attached hydrogen (secondary N) is 1. The van der Waals surface area contributed by atoms with Gasteiger partial charge < -0.3 is 5.32 Å². The molecule has 0 unspecified atom stereocenters. The first-order valence-corrected chi connectivity index (χ1v) is 4.97. The average molecular weight is 176 g/mol. The maximum absolute atomic E-state index is 3.99. The molecule has 1 aliphatic carbocycles. The highest BCUT2D eigenvalue weighted by Gasteiger charge is 2.24. The van der Waals surface area contributed by atoms with Crippen molar-refractivity contribution in [3.05, 3.63) is 30.1 Å². The van der Waals surface area contributed by atoms with Crippen LogP contribution in [0.1, 0.15) is 25.3 Å². The fraction of sp³-hybridized carbons (Fsp3) is 0.545. The van der Waals surface area contributed by atoms with Gasteiger partial charge in [-0.05, 0) is 36.5 Å². The molecule has 2 rings (SSSR count). The van der Waals surface area contributed by atoms with Crippen molar-refractivity contribution in [1.29, 1.82) is 0 Å². The van der Waals surface area contributed by atoms with E-state index in [4.69, 9.17) is 0 Å². The Morgan fingerprint density at radius 2 is 2.08 bits per heavy atom. The van der Waals surface area contributed by atoms with Crippen LogP contribution >= 0.6 is 0 Å². The zero-order valence-electron chi connectivity index (χ0n) is 8.03. The van der Waals surface area contributed by atoms with Crippen LogP contribution < -0.4 is 5.32 Å². The topological polar surface area (TPSA) is 24.9 Å². The van der Waals surface area contributed by atoms with Gasteiger partial charge in [0.05, 0.1) is 0 Å². The van der Waals surface area contributed by atoms with Gasteiger partial charge in [0.25, 0.3) is 0 Å². The average Bonchev–Trinajstić information content (AvgIpc) is 2.12. The summed E-state index contributed by atoms with van der Waals surface area (Å²) in [6.45, 7) is 3.30. The first kappa shape index (κ1) is 8.70. The van der Waals surface area contributed by atoms with Crippen LogP contribution in [0, 0.1) is 5.92 Å². The molecule has 0 radical (unpaired) electrons. The van der Waals surface area contributed by atoms with E-state index in [0.29, 0.717) is 0 Å². The van der Waals surface area contributed by atoms with E-state index < -0.39 is 0 Å². The van der Waals surface area contributed by atoms with Crippen LogP contribution in [-0.4, -0.2) is 11.0 Å². The van der Waals surface area contributed by atoms with Gasteiger partial charge in [0.15, 0.2) is 0 Å². The number of aromatic nitrogens is 1. The molecular weight excluding hydrogens is 160 g/mol. The molecule has 1 N–H and O–H groups in total. The Morgan fingerprint density at radius 1 is 1.38 bits per heavy atom. The van der Waals surface area contributed by atoms with Crippen LogP contribution in [0.15, 0.2) is 24.5 Å². The molecule has 0 bridgehead atoms. The van der Waals surface area contributed by atoms with Crippen molar-refractivity contribution in [1.82, 2.24) is 10.3 Å². The fourth-order valence-electron chi connectivity index (χ4n) is 1.83. The standard InChI is InChI=1S/C11H16N2/c1-9-6-11(7-9)13-8-10-2-4-12-5-3-10/h2-5,9,11,13H,6-8H2,1H3. The van der Waals surface area contributed by atoms with Gasteiger partial charge >= 0.3 is 0 Å². The summed E-state index contributed by atoms with van der Waals surface area (Å²) < 4.78 is 0. The summed E-state index contributed by atoms with van der Waals surface area (Å²) in [5.41, 5.74) is 1.33. The third kappa shape index (κ3) is 2.28. The molecule has 13 heavy (non-hydrogen) atoms. The third-order valence-electron chi connectivity index (χ3n) is 2.72. The molecule has 0 atom stereocenters. The van der Waals surface area contributed by atoms with Crippen molar-refractivity contribution in [2.24, 2.45) is 5.92 Å². The number of rotatable bonds is 3. The van der Waals surface area contributed by atoms with Crippen molar-refractivity contribution in [2.75, 3.05) is 0 Å². The molecule has 0 saturated heterocycles. The third-order valence-corrected chi connectivity index (χ3v) is 2.72. The van der Waals surface area contributed by atoms with Crippen molar-refractivity contribution in [2.45, 2.75) is 32.4 Å². The normalized spacial score (nSPS) is 26.8. The summed E-state index contributed by atoms with van der Waals surface area (Å²) in [7, 11) is 0. The van der Waals surface area contributed by atoms with Gasteiger partial charge in [-0.3, -0.25) is 4.98 Å². The minimum absolute atomic E-state index is 0.753. The molecule has 0 aliphatic heterocycles. The van der Waals surface area contributed by atoms with E-state index in [-0.39, 0.29) is 0 Å². The summed E-state index contributed by atoms with van der Waals surface area (Å²) in [6.07, 6.45) is 6.37. The van der Waals surface area contributed by atoms with Crippen LogP contribution in [0.2, 0.25) is 0 Å². The number of nitrogens with zero attached hydrogens (tertiary/aromatic N) is 1. The van der Waals surface area contributed by atoms with E-state index in [2.05, 4.69) is 29.4 Å². The van der Waals surface area contributed by atoms with Crippen LogP contribution in [-0.2, 0) is 6.54 Å². The highest BCUT2D eigenvalue weighted by atomic mass is 14.9. The lowest BCUT2D eigenvalue weighted by Gasteiger charge is -2.33. The first-order valence-electron chi connectivity index (χ1n) is 4.97. The molecule has 1 fully saturated rings. The zero-order valence-corrected chi connectivity index (χ0v) is 8.03.